The van der Waals surface area contributed by atoms with Gasteiger partial charge < -0.3 is 10.1 Å². The lowest BCUT2D eigenvalue weighted by Gasteiger charge is -2.20. The second-order valence-electron chi connectivity index (χ2n) is 5.16. The summed E-state index contributed by atoms with van der Waals surface area (Å²) in [6.45, 7) is 5.43. The largest absolute Gasteiger partial charge is 0.466 e. The van der Waals surface area contributed by atoms with Crippen molar-refractivity contribution < 1.29 is 19.1 Å². The van der Waals surface area contributed by atoms with Crippen LogP contribution in [-0.4, -0.2) is 42.0 Å². The molecule has 1 heterocycles. The van der Waals surface area contributed by atoms with Gasteiger partial charge in [0.05, 0.1) is 7.11 Å². The molecule has 1 fully saturated rings. The Kier molecular flexibility index (Phi) is 5.30. The SMILES string of the molecule is CCCCC1(C)NC(=O)N(CC=C(C)C(=O)OC)C1=O. The second-order valence-corrected chi connectivity index (χ2v) is 5.16. The highest BCUT2D eigenvalue weighted by molar-refractivity contribution is 6.07. The minimum atomic E-state index is -0.833. The third kappa shape index (κ3) is 3.37. The van der Waals surface area contributed by atoms with E-state index in [4.69, 9.17) is 0 Å². The van der Waals surface area contributed by atoms with Gasteiger partial charge >= 0.3 is 12.0 Å². The van der Waals surface area contributed by atoms with Crippen molar-refractivity contribution in [2.45, 2.75) is 45.6 Å². The number of methoxy groups -OCH3 is 1. The Morgan fingerprint density at radius 2 is 2.10 bits per heavy atom. The first-order valence-electron chi connectivity index (χ1n) is 6.75. The number of carbonyl (C=O) groups excluding carboxylic acids is 3. The van der Waals surface area contributed by atoms with Crippen molar-refractivity contribution in [2.75, 3.05) is 13.7 Å². The van der Waals surface area contributed by atoms with Gasteiger partial charge in [-0.05, 0) is 20.3 Å². The monoisotopic (exact) mass is 282 g/mol. The highest BCUT2D eigenvalue weighted by Gasteiger charge is 2.46. The fourth-order valence-corrected chi connectivity index (χ4v) is 2.09. The van der Waals surface area contributed by atoms with Gasteiger partial charge in [-0.1, -0.05) is 25.8 Å². The number of nitrogens with zero attached hydrogens (tertiary/aromatic N) is 1. The average molecular weight is 282 g/mol. The van der Waals surface area contributed by atoms with Crippen LogP contribution in [0.2, 0.25) is 0 Å². The van der Waals surface area contributed by atoms with Crippen molar-refractivity contribution in [2.24, 2.45) is 0 Å². The summed E-state index contributed by atoms with van der Waals surface area (Å²) in [6, 6.07) is -0.414. The van der Waals surface area contributed by atoms with E-state index >= 15 is 0 Å². The molecule has 1 unspecified atom stereocenters. The number of hydrogen-bond acceptors (Lipinski definition) is 4. The number of urea groups is 1. The minimum absolute atomic E-state index is 0.0767. The quantitative estimate of drug-likeness (QED) is 0.456. The van der Waals surface area contributed by atoms with Crippen molar-refractivity contribution >= 4 is 17.9 Å². The van der Waals surface area contributed by atoms with Crippen LogP contribution in [0.1, 0.15) is 40.0 Å². The van der Waals surface area contributed by atoms with E-state index in [1.165, 1.54) is 13.2 Å². The van der Waals surface area contributed by atoms with E-state index in [9.17, 15) is 14.4 Å². The summed E-state index contributed by atoms with van der Waals surface area (Å²) in [5.74, 6) is -0.712. The number of esters is 1. The van der Waals surface area contributed by atoms with Gasteiger partial charge in [0.1, 0.15) is 5.54 Å². The summed E-state index contributed by atoms with van der Waals surface area (Å²) in [6.07, 6.45) is 3.96. The second kappa shape index (κ2) is 6.54. The maximum atomic E-state index is 12.3. The molecule has 20 heavy (non-hydrogen) atoms. The van der Waals surface area contributed by atoms with Crippen molar-refractivity contribution in [3.63, 3.8) is 0 Å². The molecular formula is C14H22N2O4. The molecule has 6 nitrogen and oxygen atoms in total. The van der Waals surface area contributed by atoms with E-state index in [0.29, 0.717) is 12.0 Å². The number of imide groups is 1. The zero-order valence-electron chi connectivity index (χ0n) is 12.5. The normalized spacial score (nSPS) is 23.0. The predicted octanol–water partition coefficient (Wildman–Crippen LogP) is 1.61. The summed E-state index contributed by atoms with van der Waals surface area (Å²) in [7, 11) is 1.29. The van der Waals surface area contributed by atoms with Crippen LogP contribution in [0.5, 0.6) is 0 Å². The number of carbonyl (C=O) groups is 3. The van der Waals surface area contributed by atoms with Crippen LogP contribution in [0.25, 0.3) is 0 Å². The van der Waals surface area contributed by atoms with Crippen LogP contribution >= 0.6 is 0 Å². The molecule has 0 radical (unpaired) electrons. The van der Waals surface area contributed by atoms with Crippen molar-refractivity contribution in [1.29, 1.82) is 0 Å². The van der Waals surface area contributed by atoms with E-state index in [-0.39, 0.29) is 12.5 Å². The Morgan fingerprint density at radius 3 is 2.65 bits per heavy atom. The summed E-state index contributed by atoms with van der Waals surface area (Å²) >= 11 is 0. The number of amides is 3. The average Bonchev–Trinajstić information content (AvgIpc) is 2.64. The first kappa shape index (κ1) is 16.2. The van der Waals surface area contributed by atoms with Gasteiger partial charge in [-0.3, -0.25) is 9.69 Å². The van der Waals surface area contributed by atoms with Gasteiger partial charge in [-0.25, -0.2) is 9.59 Å². The maximum absolute atomic E-state index is 12.3. The summed E-state index contributed by atoms with van der Waals surface area (Å²) in [5, 5.41) is 2.72. The summed E-state index contributed by atoms with van der Waals surface area (Å²) in [5.41, 5.74) is -0.463. The van der Waals surface area contributed by atoms with Crippen LogP contribution in [0, 0.1) is 0 Å². The molecule has 1 saturated heterocycles. The lowest BCUT2D eigenvalue weighted by atomic mass is 9.95. The van der Waals surface area contributed by atoms with Crippen molar-refractivity contribution in [3.8, 4) is 0 Å². The van der Waals surface area contributed by atoms with E-state index in [1.54, 1.807) is 13.8 Å². The van der Waals surface area contributed by atoms with Crippen molar-refractivity contribution in [1.82, 2.24) is 10.2 Å². The zero-order valence-corrected chi connectivity index (χ0v) is 12.5. The molecule has 6 heteroatoms. The first-order chi connectivity index (χ1) is 9.35. The molecular weight excluding hydrogens is 260 g/mol. The van der Waals surface area contributed by atoms with E-state index in [1.807, 2.05) is 6.92 Å². The number of unbranched alkanes of at least 4 members (excludes halogenated alkanes) is 1. The number of rotatable bonds is 6. The minimum Gasteiger partial charge on any atom is -0.466 e. The van der Waals surface area contributed by atoms with Gasteiger partial charge in [-0.15, -0.1) is 0 Å². The van der Waals surface area contributed by atoms with Gasteiger partial charge in [0.2, 0.25) is 0 Å². The Hall–Kier alpha value is -1.85. The van der Waals surface area contributed by atoms with E-state index < -0.39 is 17.5 Å². The Bertz CT molecular complexity index is 444. The van der Waals surface area contributed by atoms with Gasteiger partial charge in [0, 0.05) is 12.1 Å². The molecule has 0 spiro atoms. The van der Waals surface area contributed by atoms with E-state index in [2.05, 4.69) is 10.1 Å². The zero-order chi connectivity index (χ0) is 15.3. The predicted molar refractivity (Wildman–Crippen MR) is 73.9 cm³/mol. The van der Waals surface area contributed by atoms with Gasteiger partial charge in [0.25, 0.3) is 5.91 Å². The molecule has 1 aliphatic heterocycles. The number of hydrogen-bond donors (Lipinski definition) is 1. The molecule has 3 amide bonds. The van der Waals surface area contributed by atoms with Crippen LogP contribution in [-0.2, 0) is 14.3 Å². The van der Waals surface area contributed by atoms with Crippen molar-refractivity contribution in [3.05, 3.63) is 11.6 Å². The van der Waals surface area contributed by atoms with Crippen LogP contribution in [0.4, 0.5) is 4.79 Å². The standard InChI is InChI=1S/C14H22N2O4/c1-5-6-8-14(3)12(18)16(13(19)15-14)9-7-10(2)11(17)20-4/h7H,5-6,8-9H2,1-4H3,(H,15,19). The lowest BCUT2D eigenvalue weighted by Crippen LogP contribution is -2.43. The molecule has 112 valence electrons. The van der Waals surface area contributed by atoms with E-state index in [0.717, 1.165) is 17.7 Å². The Labute approximate surface area is 119 Å². The molecule has 1 aliphatic rings. The molecule has 0 bridgehead atoms. The molecule has 0 aromatic rings. The Balaban J connectivity index is 2.75. The first-order valence-corrected chi connectivity index (χ1v) is 6.75. The lowest BCUT2D eigenvalue weighted by molar-refractivity contribution is -0.136. The third-order valence-corrected chi connectivity index (χ3v) is 3.46. The van der Waals surface area contributed by atoms with Gasteiger partial charge in [0.15, 0.2) is 0 Å². The van der Waals surface area contributed by atoms with Gasteiger partial charge in [-0.2, -0.15) is 0 Å². The smallest absolute Gasteiger partial charge is 0.333 e. The highest BCUT2D eigenvalue weighted by atomic mass is 16.5. The topological polar surface area (TPSA) is 75.7 Å². The van der Waals surface area contributed by atoms with Crippen LogP contribution < -0.4 is 5.32 Å². The number of ether oxygens (including phenoxy) is 1. The van der Waals surface area contributed by atoms with Crippen LogP contribution in [0.15, 0.2) is 11.6 Å². The fourth-order valence-electron chi connectivity index (χ4n) is 2.09. The fraction of sp³-hybridized carbons (Fsp3) is 0.643. The molecule has 1 rings (SSSR count). The van der Waals surface area contributed by atoms with Crippen LogP contribution in [0.3, 0.4) is 0 Å². The summed E-state index contributed by atoms with van der Waals surface area (Å²) in [4.78, 5) is 36.5. The molecule has 0 aromatic heterocycles. The molecule has 1 N–H and O–H groups in total. The highest BCUT2D eigenvalue weighted by Crippen LogP contribution is 2.23. The Morgan fingerprint density at radius 1 is 1.45 bits per heavy atom. The molecule has 0 aromatic carbocycles. The maximum Gasteiger partial charge on any atom is 0.333 e. The number of nitrogens with one attached hydrogen (secondary N) is 1. The summed E-state index contributed by atoms with van der Waals surface area (Å²) < 4.78 is 4.56. The third-order valence-electron chi connectivity index (χ3n) is 3.46. The molecule has 0 aliphatic carbocycles. The molecule has 1 atom stereocenters. The molecule has 0 saturated carbocycles.